The van der Waals surface area contributed by atoms with Gasteiger partial charge >= 0.3 is 19.8 Å². The van der Waals surface area contributed by atoms with Crippen LogP contribution in [0.5, 0.6) is 0 Å². The molecule has 0 spiro atoms. The Hall–Kier alpha value is -2.63. The zero-order valence-electron chi connectivity index (χ0n) is 39.5. The molecule has 0 bridgehead atoms. The van der Waals surface area contributed by atoms with Crippen LogP contribution in [0.2, 0.25) is 0 Å². The van der Waals surface area contributed by atoms with Crippen molar-refractivity contribution >= 4 is 19.8 Å². The van der Waals surface area contributed by atoms with Crippen LogP contribution < -0.4 is 5.73 Å². The highest BCUT2D eigenvalue weighted by Crippen LogP contribution is 2.43. The second-order valence-corrected chi connectivity index (χ2v) is 17.8. The first-order chi connectivity index (χ1) is 30.6. The lowest BCUT2D eigenvalue weighted by molar-refractivity contribution is -0.161. The number of aliphatic hydroxyl groups is 2. The molecule has 0 aromatic heterocycles. The van der Waals surface area contributed by atoms with E-state index in [1.54, 1.807) is 36.5 Å². The Bertz CT molecular complexity index is 1300. The van der Waals surface area contributed by atoms with Crippen LogP contribution in [0, 0.1) is 0 Å². The van der Waals surface area contributed by atoms with Gasteiger partial charge in [-0.2, -0.15) is 0 Å². The number of phosphoric ester groups is 1. The molecule has 0 aliphatic heterocycles. The molecule has 0 aromatic carbocycles. The quantitative estimate of drug-likeness (QED) is 0.0150. The van der Waals surface area contributed by atoms with E-state index in [-0.39, 0.29) is 32.6 Å². The standard InChI is InChI=1S/C51H90NO10P/c1-3-5-7-8-9-10-11-12-13-14-15-16-17-18-19-20-21-22-23-27-35-41-50(55)59-45-49(46-61-63(57,58)60-44-43-52)62-51(56)42-36-28-25-24-26-32-38-48(54)40-34-30-29-33-39-47(53)37-31-6-4-2/h6,25-26,28-34,39-40,47-49,53-54H,3-5,7-24,27,35-38,41-46,52H2,1-2H3,(H,57,58)/b28-25-,30-29-,31-6-,32-26-,39-33+,40-34+/t47-,48+,49+/m0/s1. The average molecular weight is 908 g/mol. The van der Waals surface area contributed by atoms with Gasteiger partial charge in [0.05, 0.1) is 25.4 Å². The molecule has 1 unspecified atom stereocenters. The molecule has 0 aromatic rings. The van der Waals surface area contributed by atoms with E-state index in [1.165, 1.54) is 109 Å². The summed E-state index contributed by atoms with van der Waals surface area (Å²) in [5, 5.41) is 20.0. The molecule has 4 atom stereocenters. The van der Waals surface area contributed by atoms with E-state index in [0.29, 0.717) is 32.1 Å². The molecule has 364 valence electrons. The fraction of sp³-hybridized carbons (Fsp3) is 0.725. The van der Waals surface area contributed by atoms with Gasteiger partial charge in [0.2, 0.25) is 0 Å². The van der Waals surface area contributed by atoms with Gasteiger partial charge in [-0.3, -0.25) is 18.6 Å². The molecule has 0 aliphatic carbocycles. The maximum Gasteiger partial charge on any atom is 0.472 e. The lowest BCUT2D eigenvalue weighted by Gasteiger charge is -2.19. The predicted octanol–water partition coefficient (Wildman–Crippen LogP) is 12.6. The van der Waals surface area contributed by atoms with Crippen molar-refractivity contribution in [1.29, 1.82) is 0 Å². The molecule has 0 saturated heterocycles. The predicted molar refractivity (Wildman–Crippen MR) is 259 cm³/mol. The molecule has 0 rings (SSSR count). The van der Waals surface area contributed by atoms with Crippen molar-refractivity contribution < 1.29 is 47.8 Å². The molecule has 0 radical (unpaired) electrons. The summed E-state index contributed by atoms with van der Waals surface area (Å²) in [6, 6.07) is 0. The first-order valence-electron chi connectivity index (χ1n) is 24.6. The molecule has 12 heteroatoms. The highest BCUT2D eigenvalue weighted by molar-refractivity contribution is 7.47. The number of hydrogen-bond donors (Lipinski definition) is 4. The van der Waals surface area contributed by atoms with Crippen LogP contribution in [-0.4, -0.2) is 71.7 Å². The van der Waals surface area contributed by atoms with Crippen LogP contribution >= 0.6 is 7.82 Å². The largest absolute Gasteiger partial charge is 0.472 e. The van der Waals surface area contributed by atoms with Crippen molar-refractivity contribution in [2.24, 2.45) is 5.73 Å². The number of hydrogen-bond acceptors (Lipinski definition) is 10. The molecule has 0 saturated carbocycles. The minimum absolute atomic E-state index is 0.0216. The van der Waals surface area contributed by atoms with Gasteiger partial charge in [-0.05, 0) is 38.5 Å². The summed E-state index contributed by atoms with van der Waals surface area (Å²) in [4.78, 5) is 35.0. The summed E-state index contributed by atoms with van der Waals surface area (Å²) in [5.41, 5.74) is 5.35. The van der Waals surface area contributed by atoms with Crippen molar-refractivity contribution in [1.82, 2.24) is 0 Å². The zero-order chi connectivity index (χ0) is 46.3. The van der Waals surface area contributed by atoms with Gasteiger partial charge in [0.25, 0.3) is 0 Å². The highest BCUT2D eigenvalue weighted by atomic mass is 31.2. The van der Waals surface area contributed by atoms with Gasteiger partial charge < -0.3 is 30.3 Å². The minimum Gasteiger partial charge on any atom is -0.462 e. The van der Waals surface area contributed by atoms with Crippen LogP contribution in [0.3, 0.4) is 0 Å². The topological polar surface area (TPSA) is 175 Å². The highest BCUT2D eigenvalue weighted by Gasteiger charge is 2.26. The molecule has 11 nitrogen and oxygen atoms in total. The molecular formula is C51H90NO10P. The first kappa shape index (κ1) is 60.4. The smallest absolute Gasteiger partial charge is 0.462 e. The molecule has 0 aliphatic rings. The average Bonchev–Trinajstić information content (AvgIpc) is 3.26. The van der Waals surface area contributed by atoms with Gasteiger partial charge in [0, 0.05) is 19.4 Å². The summed E-state index contributed by atoms with van der Waals surface area (Å²) >= 11 is 0. The molecule has 0 amide bonds. The summed E-state index contributed by atoms with van der Waals surface area (Å²) in [7, 11) is -4.43. The molecule has 5 N–H and O–H groups in total. The van der Waals surface area contributed by atoms with Crippen molar-refractivity contribution in [3.63, 3.8) is 0 Å². The Labute approximate surface area is 383 Å². The van der Waals surface area contributed by atoms with Gasteiger partial charge in [-0.1, -0.05) is 215 Å². The lowest BCUT2D eigenvalue weighted by atomic mass is 10.0. The van der Waals surface area contributed by atoms with Gasteiger partial charge in [0.1, 0.15) is 6.61 Å². The number of aliphatic hydroxyl groups excluding tert-OH is 2. The Balaban J connectivity index is 4.27. The SMILES string of the molecule is CC/C=C\C[C@H](O)/C=C/C=C\C=C\[C@H](O)C/C=C\C/C=C\CCC(=O)O[C@H](COC(=O)CCCCCCCCCCCCCCCCCCCCCCC)COP(=O)(O)OCCN. The maximum atomic E-state index is 12.6. The van der Waals surface area contributed by atoms with E-state index in [4.69, 9.17) is 24.3 Å². The number of rotatable bonds is 45. The first-order valence-corrected chi connectivity index (χ1v) is 26.1. The molecule has 63 heavy (non-hydrogen) atoms. The van der Waals surface area contributed by atoms with E-state index in [0.717, 1.165) is 25.7 Å². The number of carbonyl (C=O) groups is 2. The van der Waals surface area contributed by atoms with Crippen molar-refractivity contribution in [2.45, 2.75) is 212 Å². The lowest BCUT2D eigenvalue weighted by Crippen LogP contribution is -2.29. The van der Waals surface area contributed by atoms with E-state index in [1.807, 2.05) is 43.4 Å². The molecule has 0 heterocycles. The van der Waals surface area contributed by atoms with E-state index in [9.17, 15) is 29.3 Å². The van der Waals surface area contributed by atoms with Crippen LogP contribution in [0.25, 0.3) is 0 Å². The summed E-state index contributed by atoms with van der Waals surface area (Å²) in [6.07, 6.45) is 50.2. The van der Waals surface area contributed by atoms with Crippen molar-refractivity contribution in [2.75, 3.05) is 26.4 Å². The summed E-state index contributed by atoms with van der Waals surface area (Å²) in [5.74, 6) is -0.993. The normalized spacial score (nSPS) is 14.8. The van der Waals surface area contributed by atoms with E-state index < -0.39 is 44.7 Å². The molecule has 0 fully saturated rings. The monoisotopic (exact) mass is 908 g/mol. The Morgan fingerprint density at radius 1 is 0.571 bits per heavy atom. The fourth-order valence-electron chi connectivity index (χ4n) is 6.60. The number of phosphoric acid groups is 1. The molecular weight excluding hydrogens is 818 g/mol. The van der Waals surface area contributed by atoms with Crippen LogP contribution in [0.15, 0.2) is 72.9 Å². The Morgan fingerprint density at radius 3 is 1.54 bits per heavy atom. The Morgan fingerprint density at radius 2 is 1.05 bits per heavy atom. The number of ether oxygens (including phenoxy) is 2. The van der Waals surface area contributed by atoms with Gasteiger partial charge in [-0.15, -0.1) is 0 Å². The van der Waals surface area contributed by atoms with Gasteiger partial charge in [-0.25, -0.2) is 4.57 Å². The number of nitrogens with two attached hydrogens (primary N) is 1. The van der Waals surface area contributed by atoms with E-state index in [2.05, 4.69) is 6.92 Å². The van der Waals surface area contributed by atoms with E-state index >= 15 is 0 Å². The third kappa shape index (κ3) is 45.7. The van der Waals surface area contributed by atoms with Crippen LogP contribution in [0.1, 0.15) is 194 Å². The number of esters is 2. The Kier molecular flexibility index (Phi) is 44.0. The maximum absolute atomic E-state index is 12.6. The third-order valence-electron chi connectivity index (χ3n) is 10.3. The van der Waals surface area contributed by atoms with Crippen molar-refractivity contribution in [3.8, 4) is 0 Å². The number of allylic oxidation sites excluding steroid dienone is 8. The van der Waals surface area contributed by atoms with Crippen LogP contribution in [-0.2, 0) is 32.7 Å². The van der Waals surface area contributed by atoms with Crippen LogP contribution in [0.4, 0.5) is 0 Å². The summed E-state index contributed by atoms with van der Waals surface area (Å²) in [6.45, 7) is 3.35. The number of carbonyl (C=O) groups excluding carboxylic acids is 2. The summed E-state index contributed by atoms with van der Waals surface area (Å²) < 4.78 is 32.7. The third-order valence-corrected chi connectivity index (χ3v) is 11.3. The second kappa shape index (κ2) is 45.9. The fourth-order valence-corrected chi connectivity index (χ4v) is 7.37. The van der Waals surface area contributed by atoms with Crippen molar-refractivity contribution in [3.05, 3.63) is 72.9 Å². The minimum atomic E-state index is -4.43. The number of unbranched alkanes of at least 4 members (excludes halogenated alkanes) is 20. The van der Waals surface area contributed by atoms with Gasteiger partial charge in [0.15, 0.2) is 6.10 Å². The zero-order valence-corrected chi connectivity index (χ0v) is 40.4. The second-order valence-electron chi connectivity index (χ2n) is 16.4.